The van der Waals surface area contributed by atoms with Crippen LogP contribution in [-0.2, 0) is 6.42 Å². The number of aryl methyl sites for hydroxylation is 1. The van der Waals surface area contributed by atoms with Crippen molar-refractivity contribution in [1.82, 2.24) is 10.3 Å². The van der Waals surface area contributed by atoms with Gasteiger partial charge in [-0.3, -0.25) is 4.79 Å². The van der Waals surface area contributed by atoms with Crippen molar-refractivity contribution in [3.63, 3.8) is 0 Å². The lowest BCUT2D eigenvalue weighted by atomic mass is 10.2. The molecule has 7 heteroatoms. The molecular weight excluding hydrogens is 404 g/mol. The fourth-order valence-electron chi connectivity index (χ4n) is 2.78. The summed E-state index contributed by atoms with van der Waals surface area (Å²) in [5, 5.41) is 6.14. The summed E-state index contributed by atoms with van der Waals surface area (Å²) in [6.45, 7) is 7.70. The Labute approximate surface area is 179 Å². The molecular formula is C22H26N2O3S2. The Morgan fingerprint density at radius 3 is 2.72 bits per heavy atom. The van der Waals surface area contributed by atoms with Gasteiger partial charge >= 0.3 is 0 Å². The highest BCUT2D eigenvalue weighted by molar-refractivity contribution is 7.16. The SMILES string of the molecule is CCCOc1ccc(C(=O)NCCc2ccc(-c3csc(C)n3)s2)cc1OCC. The van der Waals surface area contributed by atoms with E-state index in [9.17, 15) is 4.79 Å². The van der Waals surface area contributed by atoms with E-state index in [1.54, 1.807) is 40.9 Å². The Balaban J connectivity index is 1.56. The quantitative estimate of drug-likeness (QED) is 0.472. The summed E-state index contributed by atoms with van der Waals surface area (Å²) < 4.78 is 11.3. The molecule has 0 unspecified atom stereocenters. The number of rotatable bonds is 10. The van der Waals surface area contributed by atoms with E-state index in [1.807, 2.05) is 13.8 Å². The number of carbonyl (C=O) groups is 1. The highest BCUT2D eigenvalue weighted by Gasteiger charge is 2.12. The lowest BCUT2D eigenvalue weighted by Gasteiger charge is -2.13. The van der Waals surface area contributed by atoms with Crippen LogP contribution >= 0.6 is 22.7 Å². The number of thiazole rings is 1. The number of aromatic nitrogens is 1. The molecule has 2 heterocycles. The van der Waals surface area contributed by atoms with Gasteiger partial charge in [-0.15, -0.1) is 22.7 Å². The third-order valence-electron chi connectivity index (χ3n) is 4.16. The molecule has 1 aromatic carbocycles. The molecule has 1 amide bonds. The molecule has 0 aliphatic rings. The molecule has 0 saturated carbocycles. The first-order chi connectivity index (χ1) is 14.1. The van der Waals surface area contributed by atoms with E-state index in [-0.39, 0.29) is 5.91 Å². The number of benzene rings is 1. The van der Waals surface area contributed by atoms with Crippen molar-refractivity contribution in [3.8, 4) is 22.1 Å². The third kappa shape index (κ3) is 5.81. The van der Waals surface area contributed by atoms with E-state index < -0.39 is 0 Å². The number of nitrogens with one attached hydrogen (secondary N) is 1. The predicted molar refractivity (Wildman–Crippen MR) is 120 cm³/mol. The van der Waals surface area contributed by atoms with Crippen molar-refractivity contribution in [2.24, 2.45) is 0 Å². The zero-order valence-corrected chi connectivity index (χ0v) is 18.6. The topological polar surface area (TPSA) is 60.5 Å². The molecule has 5 nitrogen and oxygen atoms in total. The molecule has 0 aliphatic carbocycles. The normalized spacial score (nSPS) is 10.7. The molecule has 29 heavy (non-hydrogen) atoms. The fourth-order valence-corrected chi connectivity index (χ4v) is 4.43. The van der Waals surface area contributed by atoms with Crippen molar-refractivity contribution < 1.29 is 14.3 Å². The zero-order chi connectivity index (χ0) is 20.6. The highest BCUT2D eigenvalue weighted by atomic mass is 32.1. The maximum atomic E-state index is 12.5. The lowest BCUT2D eigenvalue weighted by Crippen LogP contribution is -2.25. The van der Waals surface area contributed by atoms with Crippen LogP contribution in [0.4, 0.5) is 0 Å². The molecule has 0 spiro atoms. The Bertz CT molecular complexity index is 949. The van der Waals surface area contributed by atoms with Gasteiger partial charge in [0.25, 0.3) is 5.91 Å². The molecule has 154 valence electrons. The summed E-state index contributed by atoms with van der Waals surface area (Å²) in [4.78, 5) is 19.5. The van der Waals surface area contributed by atoms with Gasteiger partial charge in [0.1, 0.15) is 0 Å². The predicted octanol–water partition coefficient (Wildman–Crippen LogP) is 5.34. The molecule has 0 radical (unpaired) electrons. The maximum Gasteiger partial charge on any atom is 0.251 e. The van der Waals surface area contributed by atoms with Crippen LogP contribution in [0.15, 0.2) is 35.7 Å². The highest BCUT2D eigenvalue weighted by Crippen LogP contribution is 2.30. The van der Waals surface area contributed by atoms with Crippen molar-refractivity contribution in [1.29, 1.82) is 0 Å². The number of ether oxygens (including phenoxy) is 2. The second-order valence-corrected chi connectivity index (χ2v) is 8.70. The molecule has 3 aromatic rings. The Morgan fingerprint density at radius 2 is 2.00 bits per heavy atom. The molecule has 3 rings (SSSR count). The van der Waals surface area contributed by atoms with Crippen molar-refractivity contribution >= 4 is 28.6 Å². The molecule has 1 N–H and O–H groups in total. The summed E-state index contributed by atoms with van der Waals surface area (Å²) in [6.07, 6.45) is 1.70. The Morgan fingerprint density at radius 1 is 1.14 bits per heavy atom. The van der Waals surface area contributed by atoms with Gasteiger partial charge in [-0.2, -0.15) is 0 Å². The fraction of sp³-hybridized carbons (Fsp3) is 0.364. The number of carbonyl (C=O) groups excluding carboxylic acids is 1. The number of amides is 1. The zero-order valence-electron chi connectivity index (χ0n) is 17.0. The minimum atomic E-state index is -0.111. The van der Waals surface area contributed by atoms with Crippen LogP contribution in [0.1, 0.15) is 40.5 Å². The van der Waals surface area contributed by atoms with Gasteiger partial charge in [0.15, 0.2) is 11.5 Å². The van der Waals surface area contributed by atoms with E-state index in [0.29, 0.717) is 36.8 Å². The van der Waals surface area contributed by atoms with E-state index >= 15 is 0 Å². The van der Waals surface area contributed by atoms with Crippen LogP contribution in [0.3, 0.4) is 0 Å². The average Bonchev–Trinajstić information content (AvgIpc) is 3.36. The van der Waals surface area contributed by atoms with Crippen LogP contribution < -0.4 is 14.8 Å². The largest absolute Gasteiger partial charge is 0.490 e. The van der Waals surface area contributed by atoms with E-state index in [1.165, 1.54) is 9.75 Å². The minimum Gasteiger partial charge on any atom is -0.490 e. The average molecular weight is 431 g/mol. The first kappa shape index (κ1) is 21.3. The summed E-state index contributed by atoms with van der Waals surface area (Å²) in [6, 6.07) is 9.53. The van der Waals surface area contributed by atoms with Gasteiger partial charge in [-0.1, -0.05) is 6.92 Å². The first-order valence-corrected chi connectivity index (χ1v) is 11.5. The maximum absolute atomic E-state index is 12.5. The van der Waals surface area contributed by atoms with Crippen LogP contribution in [-0.4, -0.2) is 30.6 Å². The summed E-state index contributed by atoms with van der Waals surface area (Å²) in [7, 11) is 0. The monoisotopic (exact) mass is 430 g/mol. The van der Waals surface area contributed by atoms with Crippen molar-refractivity contribution in [2.75, 3.05) is 19.8 Å². The van der Waals surface area contributed by atoms with Gasteiger partial charge in [0, 0.05) is 22.4 Å². The van der Waals surface area contributed by atoms with Crippen LogP contribution in [0.25, 0.3) is 10.6 Å². The molecule has 2 aromatic heterocycles. The third-order valence-corrected chi connectivity index (χ3v) is 6.10. The van der Waals surface area contributed by atoms with Gasteiger partial charge < -0.3 is 14.8 Å². The van der Waals surface area contributed by atoms with Crippen LogP contribution in [0, 0.1) is 6.92 Å². The molecule has 0 bridgehead atoms. The summed E-state index contributed by atoms with van der Waals surface area (Å²) >= 11 is 3.38. The van der Waals surface area contributed by atoms with Gasteiger partial charge in [0.2, 0.25) is 0 Å². The summed E-state index contributed by atoms with van der Waals surface area (Å²) in [5.41, 5.74) is 1.60. The van der Waals surface area contributed by atoms with E-state index in [2.05, 4.69) is 34.7 Å². The van der Waals surface area contributed by atoms with E-state index in [4.69, 9.17) is 9.47 Å². The second-order valence-electron chi connectivity index (χ2n) is 6.47. The number of hydrogen-bond donors (Lipinski definition) is 1. The van der Waals surface area contributed by atoms with Gasteiger partial charge in [0.05, 0.1) is 28.8 Å². The van der Waals surface area contributed by atoms with Gasteiger partial charge in [-0.05, 0) is 57.0 Å². The molecule has 0 aliphatic heterocycles. The molecule has 0 fully saturated rings. The standard InChI is InChI=1S/C22H26N2O3S2/c1-4-12-27-19-8-6-16(13-20(19)26-5-2)22(25)23-11-10-17-7-9-21(29-17)18-14-28-15(3)24-18/h6-9,13-14H,4-5,10-12H2,1-3H3,(H,23,25). The van der Waals surface area contributed by atoms with Crippen LogP contribution in [0.5, 0.6) is 11.5 Å². The second kappa shape index (κ2) is 10.4. The van der Waals surface area contributed by atoms with E-state index in [0.717, 1.165) is 23.5 Å². The van der Waals surface area contributed by atoms with Crippen LogP contribution in [0.2, 0.25) is 0 Å². The molecule has 0 saturated heterocycles. The number of hydrogen-bond acceptors (Lipinski definition) is 6. The van der Waals surface area contributed by atoms with Gasteiger partial charge in [-0.25, -0.2) is 4.98 Å². The van der Waals surface area contributed by atoms with Crippen molar-refractivity contribution in [3.05, 3.63) is 51.2 Å². The minimum absolute atomic E-state index is 0.111. The number of thiophene rings is 1. The summed E-state index contributed by atoms with van der Waals surface area (Å²) in [5.74, 6) is 1.17. The molecule has 0 atom stereocenters. The number of nitrogens with zero attached hydrogens (tertiary/aromatic N) is 1. The lowest BCUT2D eigenvalue weighted by molar-refractivity contribution is 0.0953. The van der Waals surface area contributed by atoms with Crippen molar-refractivity contribution in [2.45, 2.75) is 33.6 Å². The Hall–Kier alpha value is -2.38. The first-order valence-electron chi connectivity index (χ1n) is 9.79. The Kier molecular flexibility index (Phi) is 7.66. The smallest absolute Gasteiger partial charge is 0.251 e.